The number of nitrogens with zero attached hydrogens (tertiary/aromatic N) is 1. The number of hydrogen-bond acceptors (Lipinski definition) is 3. The molecule has 0 radical (unpaired) electrons. The van der Waals surface area contributed by atoms with Crippen LogP contribution in [0, 0.1) is 11.3 Å². The molecule has 0 heterocycles. The zero-order chi connectivity index (χ0) is 15.2. The molecule has 0 saturated heterocycles. The minimum Gasteiger partial charge on any atom is -0.399 e. The number of nitrogens with two attached hydrogens (primary N) is 1. The number of nitriles is 1. The zero-order valence-corrected chi connectivity index (χ0v) is 11.8. The second kappa shape index (κ2) is 6.58. The molecule has 3 N–H and O–H groups in total. The van der Waals surface area contributed by atoms with Crippen molar-refractivity contribution in [1.29, 1.82) is 5.26 Å². The number of rotatable bonds is 4. The lowest BCUT2D eigenvalue weighted by Crippen LogP contribution is -2.28. The van der Waals surface area contributed by atoms with Crippen LogP contribution in [0.15, 0.2) is 48.5 Å². The quantitative estimate of drug-likeness (QED) is 0.844. The van der Waals surface area contributed by atoms with Gasteiger partial charge in [0.25, 0.3) is 0 Å². The number of nitrogen functional groups attached to an aromatic ring is 1. The standard InChI is InChI=1S/C17H17N3O/c1-12(15-7-5-13(11-18)6-8-15)20-17(21)10-14-3-2-4-16(19)9-14/h2-9,12H,10,19H2,1H3,(H,20,21). The van der Waals surface area contributed by atoms with Crippen LogP contribution in [0.2, 0.25) is 0 Å². The van der Waals surface area contributed by atoms with E-state index in [0.717, 1.165) is 11.1 Å². The van der Waals surface area contributed by atoms with Gasteiger partial charge in [-0.05, 0) is 42.3 Å². The van der Waals surface area contributed by atoms with Gasteiger partial charge in [0.05, 0.1) is 24.1 Å². The van der Waals surface area contributed by atoms with Crippen molar-refractivity contribution >= 4 is 11.6 Å². The number of carbonyl (C=O) groups is 1. The van der Waals surface area contributed by atoms with Gasteiger partial charge in [0.15, 0.2) is 0 Å². The summed E-state index contributed by atoms with van der Waals surface area (Å²) < 4.78 is 0. The topological polar surface area (TPSA) is 78.9 Å². The highest BCUT2D eigenvalue weighted by Gasteiger charge is 2.10. The first-order valence-electron chi connectivity index (χ1n) is 6.72. The van der Waals surface area contributed by atoms with Crippen molar-refractivity contribution in [2.75, 3.05) is 5.73 Å². The molecule has 1 unspecified atom stereocenters. The molecule has 2 aromatic rings. The van der Waals surface area contributed by atoms with E-state index in [1.54, 1.807) is 24.3 Å². The molecule has 4 nitrogen and oxygen atoms in total. The molecule has 0 bridgehead atoms. The molecule has 1 amide bonds. The number of hydrogen-bond donors (Lipinski definition) is 2. The summed E-state index contributed by atoms with van der Waals surface area (Å²) in [6.07, 6.45) is 0.297. The van der Waals surface area contributed by atoms with Gasteiger partial charge in [0, 0.05) is 5.69 Å². The lowest BCUT2D eigenvalue weighted by atomic mass is 10.1. The van der Waals surface area contributed by atoms with Gasteiger partial charge < -0.3 is 11.1 Å². The van der Waals surface area contributed by atoms with Crippen LogP contribution >= 0.6 is 0 Å². The fraction of sp³-hybridized carbons (Fsp3) is 0.176. The van der Waals surface area contributed by atoms with E-state index in [1.807, 2.05) is 31.2 Å². The fourth-order valence-electron chi connectivity index (χ4n) is 2.11. The molecule has 21 heavy (non-hydrogen) atoms. The van der Waals surface area contributed by atoms with Crippen LogP contribution in [0.5, 0.6) is 0 Å². The van der Waals surface area contributed by atoms with E-state index < -0.39 is 0 Å². The predicted molar refractivity (Wildman–Crippen MR) is 82.3 cm³/mol. The number of benzene rings is 2. The van der Waals surface area contributed by atoms with Crippen LogP contribution in [0.1, 0.15) is 29.7 Å². The maximum atomic E-state index is 12.0. The first-order chi connectivity index (χ1) is 10.1. The first-order valence-corrected chi connectivity index (χ1v) is 6.72. The van der Waals surface area contributed by atoms with Crippen molar-refractivity contribution in [3.05, 3.63) is 65.2 Å². The molecular weight excluding hydrogens is 262 g/mol. The Hall–Kier alpha value is -2.80. The van der Waals surface area contributed by atoms with Gasteiger partial charge in [-0.15, -0.1) is 0 Å². The van der Waals surface area contributed by atoms with Gasteiger partial charge in [0.2, 0.25) is 5.91 Å². The highest BCUT2D eigenvalue weighted by Crippen LogP contribution is 2.14. The number of amides is 1. The van der Waals surface area contributed by atoms with Crippen LogP contribution in [0.3, 0.4) is 0 Å². The molecule has 0 aromatic heterocycles. The van der Waals surface area contributed by atoms with Crippen molar-refractivity contribution in [2.24, 2.45) is 0 Å². The Balaban J connectivity index is 1.97. The van der Waals surface area contributed by atoms with E-state index in [9.17, 15) is 4.79 Å². The molecule has 1 atom stereocenters. The molecule has 2 rings (SSSR count). The molecular formula is C17H17N3O. The lowest BCUT2D eigenvalue weighted by Gasteiger charge is -2.14. The Labute approximate surface area is 124 Å². The molecule has 0 spiro atoms. The van der Waals surface area contributed by atoms with Crippen molar-refractivity contribution < 1.29 is 4.79 Å². The minimum absolute atomic E-state index is 0.0579. The first kappa shape index (κ1) is 14.6. The highest BCUT2D eigenvalue weighted by atomic mass is 16.1. The van der Waals surface area contributed by atoms with Crippen LogP contribution in [0.25, 0.3) is 0 Å². The van der Waals surface area contributed by atoms with Crippen LogP contribution in [0.4, 0.5) is 5.69 Å². The molecule has 4 heteroatoms. The van der Waals surface area contributed by atoms with E-state index >= 15 is 0 Å². The maximum absolute atomic E-state index is 12.0. The Bertz CT molecular complexity index is 671. The van der Waals surface area contributed by atoms with Crippen molar-refractivity contribution in [3.8, 4) is 6.07 Å². The minimum atomic E-state index is -0.105. The third-order valence-electron chi connectivity index (χ3n) is 3.23. The summed E-state index contributed by atoms with van der Waals surface area (Å²) in [4.78, 5) is 12.0. The van der Waals surface area contributed by atoms with Crippen LogP contribution in [-0.2, 0) is 11.2 Å². The van der Waals surface area contributed by atoms with Crippen molar-refractivity contribution in [3.63, 3.8) is 0 Å². The van der Waals surface area contributed by atoms with Gasteiger partial charge in [0.1, 0.15) is 0 Å². The van der Waals surface area contributed by atoms with Gasteiger partial charge >= 0.3 is 0 Å². The second-order valence-corrected chi connectivity index (χ2v) is 4.94. The SMILES string of the molecule is CC(NC(=O)Cc1cccc(N)c1)c1ccc(C#N)cc1. The third kappa shape index (κ3) is 4.08. The summed E-state index contributed by atoms with van der Waals surface area (Å²) in [5.41, 5.74) is 8.81. The molecule has 2 aromatic carbocycles. The van der Waals surface area contributed by atoms with Crippen LogP contribution < -0.4 is 11.1 Å². The largest absolute Gasteiger partial charge is 0.399 e. The van der Waals surface area contributed by atoms with Gasteiger partial charge in [-0.1, -0.05) is 24.3 Å². The number of anilines is 1. The van der Waals surface area contributed by atoms with E-state index in [2.05, 4.69) is 11.4 Å². The molecule has 0 aliphatic carbocycles. The average molecular weight is 279 g/mol. The van der Waals surface area contributed by atoms with Crippen LogP contribution in [-0.4, -0.2) is 5.91 Å². The summed E-state index contributed by atoms with van der Waals surface area (Å²) in [7, 11) is 0. The molecule has 106 valence electrons. The number of nitrogens with one attached hydrogen (secondary N) is 1. The highest BCUT2D eigenvalue weighted by molar-refractivity contribution is 5.79. The summed E-state index contributed by atoms with van der Waals surface area (Å²) in [5.74, 6) is -0.0579. The molecule has 0 aliphatic rings. The average Bonchev–Trinajstić information content (AvgIpc) is 2.47. The van der Waals surface area contributed by atoms with E-state index in [0.29, 0.717) is 17.7 Å². The molecule has 0 saturated carbocycles. The Morgan fingerprint density at radius 2 is 2.00 bits per heavy atom. The van der Waals surface area contributed by atoms with E-state index in [-0.39, 0.29) is 11.9 Å². The van der Waals surface area contributed by atoms with E-state index in [4.69, 9.17) is 11.0 Å². The van der Waals surface area contributed by atoms with Crippen molar-refractivity contribution in [2.45, 2.75) is 19.4 Å². The molecule has 0 fully saturated rings. The molecule has 0 aliphatic heterocycles. The normalized spacial score (nSPS) is 11.4. The summed E-state index contributed by atoms with van der Waals surface area (Å²) in [6.45, 7) is 1.92. The van der Waals surface area contributed by atoms with Crippen molar-refractivity contribution in [1.82, 2.24) is 5.32 Å². The number of carbonyl (C=O) groups excluding carboxylic acids is 1. The predicted octanol–water partition coefficient (Wildman–Crippen LogP) is 2.56. The third-order valence-corrected chi connectivity index (χ3v) is 3.23. The van der Waals surface area contributed by atoms with E-state index in [1.165, 1.54) is 0 Å². The second-order valence-electron chi connectivity index (χ2n) is 4.94. The summed E-state index contributed by atoms with van der Waals surface area (Å²) in [5, 5.41) is 11.7. The van der Waals surface area contributed by atoms with Gasteiger partial charge in [-0.3, -0.25) is 4.79 Å². The Morgan fingerprint density at radius 3 is 2.62 bits per heavy atom. The fourth-order valence-corrected chi connectivity index (χ4v) is 2.11. The Kier molecular flexibility index (Phi) is 4.57. The smallest absolute Gasteiger partial charge is 0.224 e. The maximum Gasteiger partial charge on any atom is 0.224 e. The summed E-state index contributed by atoms with van der Waals surface area (Å²) in [6, 6.07) is 16.5. The lowest BCUT2D eigenvalue weighted by molar-refractivity contribution is -0.121. The van der Waals surface area contributed by atoms with Gasteiger partial charge in [-0.2, -0.15) is 5.26 Å². The zero-order valence-electron chi connectivity index (χ0n) is 11.8. The van der Waals surface area contributed by atoms with Gasteiger partial charge in [-0.25, -0.2) is 0 Å². The Morgan fingerprint density at radius 1 is 1.29 bits per heavy atom. The summed E-state index contributed by atoms with van der Waals surface area (Å²) >= 11 is 0. The monoisotopic (exact) mass is 279 g/mol.